The van der Waals surface area contributed by atoms with Crippen LogP contribution in [0.15, 0.2) is 82.2 Å². The van der Waals surface area contributed by atoms with E-state index in [1.165, 1.54) is 24.3 Å². The number of carbonyl (C=O) groups excluding carboxylic acids is 1. The summed E-state index contributed by atoms with van der Waals surface area (Å²) in [7, 11) is -3.74. The summed E-state index contributed by atoms with van der Waals surface area (Å²) in [6, 6.07) is 19.7. The molecule has 0 radical (unpaired) electrons. The normalized spacial score (nSPS) is 10.9. The van der Waals surface area contributed by atoms with Crippen molar-refractivity contribution in [1.29, 1.82) is 0 Å². The number of sulfonamides is 1. The highest BCUT2D eigenvalue weighted by Gasteiger charge is 2.15. The number of rotatable bonds is 9. The third-order valence-corrected chi connectivity index (χ3v) is 5.99. The molecule has 162 valence electrons. The van der Waals surface area contributed by atoms with Gasteiger partial charge in [-0.2, -0.15) is 0 Å². The molecule has 0 bridgehead atoms. The van der Waals surface area contributed by atoms with Gasteiger partial charge in [0.15, 0.2) is 6.61 Å². The number of hydrogen-bond donors (Lipinski definition) is 2. The largest absolute Gasteiger partial charge is 0.492 e. The lowest BCUT2D eigenvalue weighted by atomic mass is 10.3. The topological polar surface area (TPSA) is 93.7 Å². The van der Waals surface area contributed by atoms with Gasteiger partial charge in [-0.25, -0.2) is 8.42 Å². The number of halogens is 1. The van der Waals surface area contributed by atoms with E-state index in [1.807, 2.05) is 13.0 Å². The molecule has 0 unspecified atom stereocenters. The van der Waals surface area contributed by atoms with Gasteiger partial charge in [0.2, 0.25) is 0 Å². The first-order valence-corrected chi connectivity index (χ1v) is 11.7. The minimum atomic E-state index is -3.74. The van der Waals surface area contributed by atoms with Crippen LogP contribution in [0.2, 0.25) is 0 Å². The van der Waals surface area contributed by atoms with Gasteiger partial charge in [-0.05, 0) is 67.6 Å². The van der Waals surface area contributed by atoms with Crippen LogP contribution >= 0.6 is 15.9 Å². The van der Waals surface area contributed by atoms with Crippen molar-refractivity contribution in [2.45, 2.75) is 11.8 Å². The predicted octanol–water partition coefficient (Wildman–Crippen LogP) is 4.67. The van der Waals surface area contributed by atoms with Gasteiger partial charge in [-0.3, -0.25) is 9.52 Å². The molecule has 0 saturated carbocycles. The van der Waals surface area contributed by atoms with Gasteiger partial charge in [-0.1, -0.05) is 28.1 Å². The molecule has 0 atom stereocenters. The van der Waals surface area contributed by atoms with Crippen molar-refractivity contribution in [3.8, 4) is 11.5 Å². The Kier molecular flexibility index (Phi) is 7.54. The van der Waals surface area contributed by atoms with Gasteiger partial charge in [0, 0.05) is 10.2 Å². The Labute approximate surface area is 189 Å². The Hall–Kier alpha value is -3.04. The van der Waals surface area contributed by atoms with E-state index >= 15 is 0 Å². The Morgan fingerprint density at radius 1 is 0.935 bits per heavy atom. The van der Waals surface area contributed by atoms with E-state index in [0.717, 1.165) is 4.47 Å². The van der Waals surface area contributed by atoms with Crippen molar-refractivity contribution >= 4 is 43.2 Å². The number of benzene rings is 3. The van der Waals surface area contributed by atoms with Crippen molar-refractivity contribution < 1.29 is 22.7 Å². The molecule has 3 aromatic rings. The fourth-order valence-corrected chi connectivity index (χ4v) is 3.96. The van der Waals surface area contributed by atoms with E-state index in [1.54, 1.807) is 42.5 Å². The zero-order valence-electron chi connectivity index (χ0n) is 16.7. The smallest absolute Gasteiger partial charge is 0.262 e. The molecule has 31 heavy (non-hydrogen) atoms. The highest BCUT2D eigenvalue weighted by Crippen LogP contribution is 2.24. The first-order chi connectivity index (χ1) is 14.9. The maximum absolute atomic E-state index is 12.5. The number of hydrogen-bond acceptors (Lipinski definition) is 5. The SMILES string of the molecule is CCOc1ccccc1NC(=O)COc1ccc(S(=O)(=O)Nc2ccc(Br)cc2)cc1. The fourth-order valence-electron chi connectivity index (χ4n) is 2.63. The van der Waals surface area contributed by atoms with Crippen LogP contribution in [0.1, 0.15) is 6.92 Å². The molecule has 9 heteroatoms. The highest BCUT2D eigenvalue weighted by molar-refractivity contribution is 9.10. The van der Waals surface area contributed by atoms with Crippen LogP contribution < -0.4 is 19.5 Å². The Morgan fingerprint density at radius 3 is 2.29 bits per heavy atom. The molecule has 0 spiro atoms. The number of anilines is 2. The van der Waals surface area contributed by atoms with Gasteiger partial charge >= 0.3 is 0 Å². The van der Waals surface area contributed by atoms with Crippen molar-refractivity contribution in [3.05, 3.63) is 77.3 Å². The molecular formula is C22H21BrN2O5S. The van der Waals surface area contributed by atoms with E-state index in [9.17, 15) is 13.2 Å². The zero-order chi connectivity index (χ0) is 22.3. The molecule has 0 aliphatic carbocycles. The van der Waals surface area contributed by atoms with Gasteiger partial charge in [0.05, 0.1) is 17.2 Å². The second-order valence-corrected chi connectivity index (χ2v) is 8.95. The Balaban J connectivity index is 1.58. The zero-order valence-corrected chi connectivity index (χ0v) is 19.1. The van der Waals surface area contributed by atoms with Gasteiger partial charge in [-0.15, -0.1) is 0 Å². The maximum Gasteiger partial charge on any atom is 0.262 e. The first kappa shape index (κ1) is 22.6. The molecule has 0 aromatic heterocycles. The number of amides is 1. The van der Waals surface area contributed by atoms with E-state index < -0.39 is 10.0 Å². The molecular weight excluding hydrogens is 484 g/mol. The second kappa shape index (κ2) is 10.3. The summed E-state index contributed by atoms with van der Waals surface area (Å²) in [6.07, 6.45) is 0. The molecule has 3 aromatic carbocycles. The standard InChI is InChI=1S/C22H21BrN2O5S/c1-2-29-21-6-4-3-5-20(21)24-22(26)15-30-18-11-13-19(14-12-18)31(27,28)25-17-9-7-16(23)8-10-17/h3-14,25H,2,15H2,1H3,(H,24,26). The fraction of sp³-hybridized carbons (Fsp3) is 0.136. The Morgan fingerprint density at radius 2 is 1.61 bits per heavy atom. The number of ether oxygens (including phenoxy) is 2. The third-order valence-electron chi connectivity index (χ3n) is 4.06. The summed E-state index contributed by atoms with van der Waals surface area (Å²) < 4.78 is 39.3. The first-order valence-electron chi connectivity index (χ1n) is 9.40. The van der Waals surface area contributed by atoms with Gasteiger partial charge in [0.25, 0.3) is 15.9 Å². The number of carbonyl (C=O) groups is 1. The second-order valence-electron chi connectivity index (χ2n) is 6.35. The van der Waals surface area contributed by atoms with E-state index in [-0.39, 0.29) is 17.4 Å². The monoisotopic (exact) mass is 504 g/mol. The molecule has 0 aliphatic rings. The number of para-hydroxylation sites is 2. The minimum Gasteiger partial charge on any atom is -0.492 e. The molecule has 7 nitrogen and oxygen atoms in total. The van der Waals surface area contributed by atoms with E-state index in [0.29, 0.717) is 29.5 Å². The predicted molar refractivity (Wildman–Crippen MR) is 123 cm³/mol. The number of nitrogens with one attached hydrogen (secondary N) is 2. The van der Waals surface area contributed by atoms with Crippen LogP contribution in [0.25, 0.3) is 0 Å². The van der Waals surface area contributed by atoms with Crippen molar-refractivity contribution in [3.63, 3.8) is 0 Å². The molecule has 0 aliphatic heterocycles. The maximum atomic E-state index is 12.5. The van der Waals surface area contributed by atoms with Gasteiger partial charge in [0.1, 0.15) is 11.5 Å². The third kappa shape index (κ3) is 6.47. The molecule has 0 fully saturated rings. The summed E-state index contributed by atoms with van der Waals surface area (Å²) >= 11 is 3.31. The molecule has 0 saturated heterocycles. The van der Waals surface area contributed by atoms with Crippen molar-refractivity contribution in [2.75, 3.05) is 23.3 Å². The Bertz CT molecular complexity index is 1130. The quantitative estimate of drug-likeness (QED) is 0.441. The van der Waals surface area contributed by atoms with E-state index in [2.05, 4.69) is 26.0 Å². The summed E-state index contributed by atoms with van der Waals surface area (Å²) in [4.78, 5) is 12.3. The average Bonchev–Trinajstić information content (AvgIpc) is 2.76. The molecule has 1 amide bonds. The summed E-state index contributed by atoms with van der Waals surface area (Å²) in [6.45, 7) is 2.11. The van der Waals surface area contributed by atoms with Crippen LogP contribution in [0.5, 0.6) is 11.5 Å². The highest BCUT2D eigenvalue weighted by atomic mass is 79.9. The van der Waals surface area contributed by atoms with Crippen LogP contribution in [-0.2, 0) is 14.8 Å². The summed E-state index contributed by atoms with van der Waals surface area (Å²) in [5, 5.41) is 2.73. The van der Waals surface area contributed by atoms with E-state index in [4.69, 9.17) is 9.47 Å². The van der Waals surface area contributed by atoms with Crippen molar-refractivity contribution in [1.82, 2.24) is 0 Å². The van der Waals surface area contributed by atoms with Crippen LogP contribution in [0.3, 0.4) is 0 Å². The van der Waals surface area contributed by atoms with Crippen LogP contribution in [0.4, 0.5) is 11.4 Å². The van der Waals surface area contributed by atoms with Gasteiger partial charge < -0.3 is 14.8 Å². The molecule has 2 N–H and O–H groups in total. The molecule has 0 heterocycles. The minimum absolute atomic E-state index is 0.0814. The summed E-state index contributed by atoms with van der Waals surface area (Å²) in [5.41, 5.74) is 1.01. The lowest BCUT2D eigenvalue weighted by Crippen LogP contribution is -2.20. The lowest BCUT2D eigenvalue weighted by Gasteiger charge is -2.12. The lowest BCUT2D eigenvalue weighted by molar-refractivity contribution is -0.118. The van der Waals surface area contributed by atoms with Crippen molar-refractivity contribution in [2.24, 2.45) is 0 Å². The average molecular weight is 505 g/mol. The van der Waals surface area contributed by atoms with Crippen LogP contribution in [-0.4, -0.2) is 27.5 Å². The molecule has 3 rings (SSSR count). The summed E-state index contributed by atoms with van der Waals surface area (Å²) in [5.74, 6) is 0.586. The van der Waals surface area contributed by atoms with Crippen LogP contribution in [0, 0.1) is 0 Å².